The molecule has 0 bridgehead atoms. The number of hydrogen-bond donors (Lipinski definition) is 0. The molecule has 0 radical (unpaired) electrons. The Labute approximate surface area is 91.3 Å². The van der Waals surface area contributed by atoms with Gasteiger partial charge in [0, 0.05) is 38.4 Å². The van der Waals surface area contributed by atoms with Crippen LogP contribution in [0.1, 0.15) is 13.8 Å². The van der Waals surface area contributed by atoms with Gasteiger partial charge in [-0.1, -0.05) is 13.8 Å². The molecule has 0 fully saturated rings. The van der Waals surface area contributed by atoms with Gasteiger partial charge < -0.3 is 4.90 Å². The predicted molar refractivity (Wildman–Crippen MR) is 66.4 cm³/mol. The maximum Gasteiger partial charge on any atom is 0.0943 e. The summed E-state index contributed by atoms with van der Waals surface area (Å²) in [6.45, 7) is 4.00. The first-order valence-corrected chi connectivity index (χ1v) is 5.27. The third kappa shape index (κ3) is 2.49. The fraction of sp³-hybridized carbons (Fsp3) is 0.417. The van der Waals surface area contributed by atoms with Gasteiger partial charge in [0.15, 0.2) is 0 Å². The minimum Gasteiger partial charge on any atom is -0.378 e. The summed E-state index contributed by atoms with van der Waals surface area (Å²) >= 11 is 0. The zero-order valence-corrected chi connectivity index (χ0v) is 10.2. The van der Waals surface area contributed by atoms with Crippen LogP contribution in [0.3, 0.4) is 0 Å². The normalized spacial score (nSPS) is 9.67. The van der Waals surface area contributed by atoms with Crippen molar-refractivity contribution in [1.29, 1.82) is 0 Å². The van der Waals surface area contributed by atoms with Gasteiger partial charge in [0.25, 0.3) is 0 Å². The number of anilines is 1. The molecule has 2 aromatic rings. The zero-order chi connectivity index (χ0) is 11.4. The number of rotatable bonds is 1. The van der Waals surface area contributed by atoms with E-state index in [1.807, 2.05) is 45.9 Å². The minimum atomic E-state index is 1.05. The quantitative estimate of drug-likeness (QED) is 0.713. The second kappa shape index (κ2) is 4.82. The van der Waals surface area contributed by atoms with Crippen LogP contribution in [-0.4, -0.2) is 23.9 Å². The minimum absolute atomic E-state index is 1.05. The van der Waals surface area contributed by atoms with E-state index in [2.05, 4.69) is 28.2 Å². The van der Waals surface area contributed by atoms with Gasteiger partial charge in [0.2, 0.25) is 0 Å². The fourth-order valence-electron chi connectivity index (χ4n) is 1.41. The highest BCUT2D eigenvalue weighted by atomic mass is 15.2. The Kier molecular flexibility index (Phi) is 3.72. The Morgan fingerprint density at radius 2 is 1.87 bits per heavy atom. The van der Waals surface area contributed by atoms with E-state index in [0.717, 1.165) is 5.52 Å². The highest BCUT2D eigenvalue weighted by Gasteiger charge is 2.00. The van der Waals surface area contributed by atoms with Crippen molar-refractivity contribution in [2.24, 2.45) is 7.05 Å². The van der Waals surface area contributed by atoms with E-state index in [9.17, 15) is 0 Å². The fourth-order valence-corrected chi connectivity index (χ4v) is 1.41. The van der Waals surface area contributed by atoms with Gasteiger partial charge in [-0.3, -0.25) is 4.68 Å². The van der Waals surface area contributed by atoms with Crippen molar-refractivity contribution in [3.63, 3.8) is 0 Å². The second-order valence-electron chi connectivity index (χ2n) is 3.44. The molecule has 1 aromatic heterocycles. The third-order valence-corrected chi connectivity index (χ3v) is 2.12. The molecule has 0 unspecified atom stereocenters. The molecule has 15 heavy (non-hydrogen) atoms. The highest BCUT2D eigenvalue weighted by Crippen LogP contribution is 2.18. The first-order valence-electron chi connectivity index (χ1n) is 5.27. The van der Waals surface area contributed by atoms with E-state index in [1.54, 1.807) is 0 Å². The van der Waals surface area contributed by atoms with Crippen LogP contribution in [0.4, 0.5) is 5.69 Å². The molecule has 1 heterocycles. The molecule has 0 amide bonds. The second-order valence-corrected chi connectivity index (χ2v) is 3.44. The van der Waals surface area contributed by atoms with Crippen LogP contribution in [0.5, 0.6) is 0 Å². The van der Waals surface area contributed by atoms with Gasteiger partial charge >= 0.3 is 0 Å². The smallest absolute Gasteiger partial charge is 0.0943 e. The molecule has 0 aliphatic carbocycles. The number of nitrogens with zero attached hydrogens (tertiary/aromatic N) is 3. The molecule has 0 saturated heterocycles. The summed E-state index contributed by atoms with van der Waals surface area (Å²) in [7, 11) is 6.00. The lowest BCUT2D eigenvalue weighted by Crippen LogP contribution is -2.07. The highest BCUT2D eigenvalue weighted by molar-refractivity contribution is 5.81. The van der Waals surface area contributed by atoms with Crippen LogP contribution in [0.2, 0.25) is 0 Å². The molecule has 1 aromatic carbocycles. The van der Waals surface area contributed by atoms with Gasteiger partial charge in [0.05, 0.1) is 5.52 Å². The first kappa shape index (κ1) is 11.6. The lowest BCUT2D eigenvalue weighted by molar-refractivity contribution is 0.779. The monoisotopic (exact) mass is 205 g/mol. The van der Waals surface area contributed by atoms with E-state index < -0.39 is 0 Å². The topological polar surface area (TPSA) is 21.1 Å². The molecule has 0 aliphatic heterocycles. The molecule has 3 heteroatoms. The average molecular weight is 205 g/mol. The maximum absolute atomic E-state index is 4.35. The lowest BCUT2D eigenvalue weighted by Gasteiger charge is -2.11. The largest absolute Gasteiger partial charge is 0.378 e. The molecule has 82 valence electrons. The third-order valence-electron chi connectivity index (χ3n) is 2.12. The summed E-state index contributed by atoms with van der Waals surface area (Å²) in [6.07, 6.45) is 2.02. The number of benzene rings is 1. The number of fused-ring (bicyclic) bond motifs is 1. The van der Waals surface area contributed by atoms with Gasteiger partial charge in [-0.2, -0.15) is 5.10 Å². The Balaban J connectivity index is 0.000000531. The van der Waals surface area contributed by atoms with Crippen LogP contribution in [0.15, 0.2) is 24.4 Å². The molecule has 0 saturated carbocycles. The number of aryl methyl sites for hydroxylation is 1. The Bertz CT molecular complexity index is 429. The van der Waals surface area contributed by atoms with E-state index in [0.29, 0.717) is 0 Å². The van der Waals surface area contributed by atoms with E-state index in [1.165, 1.54) is 11.1 Å². The predicted octanol–water partition coefficient (Wildman–Crippen LogP) is 2.67. The van der Waals surface area contributed by atoms with Crippen molar-refractivity contribution in [2.75, 3.05) is 19.0 Å². The summed E-state index contributed by atoms with van der Waals surface area (Å²) in [5, 5.41) is 5.53. The van der Waals surface area contributed by atoms with Crippen molar-refractivity contribution < 1.29 is 0 Å². The van der Waals surface area contributed by atoms with Gasteiger partial charge in [-0.25, -0.2) is 0 Å². The van der Waals surface area contributed by atoms with Crippen molar-refractivity contribution in [2.45, 2.75) is 13.8 Å². The van der Waals surface area contributed by atoms with Crippen LogP contribution in [0.25, 0.3) is 10.9 Å². The molecular weight excluding hydrogens is 186 g/mol. The molecule has 0 atom stereocenters. The van der Waals surface area contributed by atoms with Gasteiger partial charge in [0.1, 0.15) is 0 Å². The summed E-state index contributed by atoms with van der Waals surface area (Å²) < 4.78 is 1.84. The Hall–Kier alpha value is -1.51. The zero-order valence-electron chi connectivity index (χ0n) is 10.2. The molecule has 2 rings (SSSR count). The van der Waals surface area contributed by atoms with E-state index in [4.69, 9.17) is 0 Å². The molecule has 0 N–H and O–H groups in total. The standard InChI is InChI=1S/C10H13N3.C2H6/c1-12(2)9-5-4-8-7-13(3)11-10(8)6-9;1-2/h4-7H,1-3H3;1-2H3. The van der Waals surface area contributed by atoms with Crippen LogP contribution in [-0.2, 0) is 7.05 Å². The van der Waals surface area contributed by atoms with Crippen molar-refractivity contribution in [1.82, 2.24) is 9.78 Å². The Morgan fingerprint density at radius 3 is 2.47 bits per heavy atom. The van der Waals surface area contributed by atoms with Crippen LogP contribution in [0, 0.1) is 0 Å². The number of hydrogen-bond acceptors (Lipinski definition) is 2. The van der Waals surface area contributed by atoms with E-state index >= 15 is 0 Å². The molecule has 0 spiro atoms. The maximum atomic E-state index is 4.35. The van der Waals surface area contributed by atoms with Gasteiger partial charge in [-0.05, 0) is 18.2 Å². The van der Waals surface area contributed by atoms with E-state index in [-0.39, 0.29) is 0 Å². The summed E-state index contributed by atoms with van der Waals surface area (Å²) in [5.74, 6) is 0. The number of aromatic nitrogens is 2. The SMILES string of the molecule is CC.CN(C)c1ccc2cn(C)nc2c1. The van der Waals surface area contributed by atoms with Crippen molar-refractivity contribution >= 4 is 16.6 Å². The summed E-state index contributed by atoms with van der Waals surface area (Å²) in [4.78, 5) is 2.08. The molecular formula is C12H19N3. The lowest BCUT2D eigenvalue weighted by atomic mass is 10.2. The van der Waals surface area contributed by atoms with Gasteiger partial charge in [-0.15, -0.1) is 0 Å². The van der Waals surface area contributed by atoms with Crippen molar-refractivity contribution in [3.05, 3.63) is 24.4 Å². The van der Waals surface area contributed by atoms with Crippen molar-refractivity contribution in [3.8, 4) is 0 Å². The van der Waals surface area contributed by atoms with Crippen LogP contribution < -0.4 is 4.90 Å². The first-order chi connectivity index (χ1) is 7.16. The van der Waals surface area contributed by atoms with Crippen LogP contribution >= 0.6 is 0 Å². The summed E-state index contributed by atoms with van der Waals surface area (Å²) in [6, 6.07) is 6.29. The Morgan fingerprint density at radius 1 is 1.20 bits per heavy atom. The molecule has 3 nitrogen and oxygen atoms in total. The summed E-state index contributed by atoms with van der Waals surface area (Å²) in [5.41, 5.74) is 2.24. The molecule has 0 aliphatic rings. The average Bonchev–Trinajstić information content (AvgIpc) is 2.59.